The number of nitrogens with zero attached hydrogens (tertiary/aromatic N) is 1. The van der Waals surface area contributed by atoms with Crippen LogP contribution in [-0.2, 0) is 0 Å². The lowest BCUT2D eigenvalue weighted by Gasteiger charge is -2.03. The Morgan fingerprint density at radius 3 is 3.09 bits per heavy atom. The Hall–Kier alpha value is -0.700. The standard InChI is InChI=1S/C8H10N2S/c1-5-3-9-4-7-8(5)6(2)11-10-7/h3-4,6,10H,1-2H3/t6-/m1/s1. The van der Waals surface area contributed by atoms with Crippen LogP contribution < -0.4 is 4.72 Å². The van der Waals surface area contributed by atoms with E-state index in [1.807, 2.05) is 12.4 Å². The number of rotatable bonds is 0. The molecule has 0 aromatic carbocycles. The smallest absolute Gasteiger partial charge is 0.0673 e. The second kappa shape index (κ2) is 2.41. The molecule has 1 aromatic heterocycles. The van der Waals surface area contributed by atoms with E-state index in [1.165, 1.54) is 16.8 Å². The van der Waals surface area contributed by atoms with Gasteiger partial charge in [-0.2, -0.15) is 0 Å². The third kappa shape index (κ3) is 0.997. The van der Waals surface area contributed by atoms with Crippen LogP contribution in [-0.4, -0.2) is 4.98 Å². The average Bonchev–Trinajstić information content (AvgIpc) is 2.34. The molecule has 0 fully saturated rings. The Morgan fingerprint density at radius 1 is 1.55 bits per heavy atom. The van der Waals surface area contributed by atoms with Crippen molar-refractivity contribution >= 4 is 17.6 Å². The Kier molecular flexibility index (Phi) is 1.53. The van der Waals surface area contributed by atoms with E-state index >= 15 is 0 Å². The molecule has 1 N–H and O–H groups in total. The largest absolute Gasteiger partial charge is 0.328 e. The second-order valence-corrected chi connectivity index (χ2v) is 3.93. The normalized spacial score (nSPS) is 21.1. The molecule has 0 unspecified atom stereocenters. The molecule has 2 heterocycles. The Labute approximate surface area is 70.5 Å². The molecule has 0 saturated heterocycles. The van der Waals surface area contributed by atoms with Crippen molar-refractivity contribution in [1.29, 1.82) is 0 Å². The number of aromatic nitrogens is 1. The summed E-state index contributed by atoms with van der Waals surface area (Å²) in [6, 6.07) is 0. The van der Waals surface area contributed by atoms with Crippen LogP contribution in [0.3, 0.4) is 0 Å². The molecule has 0 radical (unpaired) electrons. The SMILES string of the molecule is Cc1cncc2c1[C@@H](C)SN2. The zero-order valence-electron chi connectivity index (χ0n) is 6.59. The van der Waals surface area contributed by atoms with Gasteiger partial charge in [-0.15, -0.1) is 0 Å². The lowest BCUT2D eigenvalue weighted by molar-refractivity contribution is 1.08. The van der Waals surface area contributed by atoms with Crippen LogP contribution >= 0.6 is 11.9 Å². The summed E-state index contributed by atoms with van der Waals surface area (Å²) in [6.45, 7) is 4.31. The van der Waals surface area contributed by atoms with Gasteiger partial charge in [-0.25, -0.2) is 0 Å². The monoisotopic (exact) mass is 166 g/mol. The molecule has 3 heteroatoms. The Balaban J connectivity index is 2.58. The average molecular weight is 166 g/mol. The van der Waals surface area contributed by atoms with E-state index < -0.39 is 0 Å². The van der Waals surface area contributed by atoms with E-state index in [9.17, 15) is 0 Å². The summed E-state index contributed by atoms with van der Waals surface area (Å²) in [5.41, 5.74) is 3.88. The summed E-state index contributed by atoms with van der Waals surface area (Å²) in [7, 11) is 0. The van der Waals surface area contributed by atoms with Crippen LogP contribution in [0.15, 0.2) is 12.4 Å². The first-order chi connectivity index (χ1) is 5.29. The van der Waals surface area contributed by atoms with Crippen molar-refractivity contribution in [3.8, 4) is 0 Å². The van der Waals surface area contributed by atoms with Gasteiger partial charge in [0.1, 0.15) is 0 Å². The summed E-state index contributed by atoms with van der Waals surface area (Å²) >= 11 is 1.75. The summed E-state index contributed by atoms with van der Waals surface area (Å²) in [5.74, 6) is 0. The van der Waals surface area contributed by atoms with Crippen molar-refractivity contribution in [2.75, 3.05) is 4.72 Å². The van der Waals surface area contributed by atoms with Gasteiger partial charge in [0, 0.05) is 11.4 Å². The Bertz CT molecular complexity index is 285. The number of nitrogens with one attached hydrogen (secondary N) is 1. The molecule has 1 aliphatic heterocycles. The summed E-state index contributed by atoms with van der Waals surface area (Å²) in [4.78, 5) is 4.11. The van der Waals surface area contributed by atoms with Crippen molar-refractivity contribution in [3.05, 3.63) is 23.5 Å². The van der Waals surface area contributed by atoms with Crippen molar-refractivity contribution in [2.45, 2.75) is 19.1 Å². The first-order valence-electron chi connectivity index (χ1n) is 3.65. The van der Waals surface area contributed by atoms with E-state index in [0.29, 0.717) is 5.25 Å². The molecule has 58 valence electrons. The lowest BCUT2D eigenvalue weighted by atomic mass is 10.1. The van der Waals surface area contributed by atoms with Crippen molar-refractivity contribution in [3.63, 3.8) is 0 Å². The molecule has 0 aliphatic carbocycles. The predicted octanol–water partition coefficient (Wildman–Crippen LogP) is 2.52. The van der Waals surface area contributed by atoms with Gasteiger partial charge in [-0.3, -0.25) is 4.98 Å². The molecule has 1 aromatic rings. The van der Waals surface area contributed by atoms with Gasteiger partial charge < -0.3 is 4.72 Å². The highest BCUT2D eigenvalue weighted by Gasteiger charge is 2.20. The van der Waals surface area contributed by atoms with Gasteiger partial charge >= 0.3 is 0 Å². The van der Waals surface area contributed by atoms with Crippen LogP contribution in [0.4, 0.5) is 5.69 Å². The van der Waals surface area contributed by atoms with Crippen LogP contribution in [0.25, 0.3) is 0 Å². The quantitative estimate of drug-likeness (QED) is 0.599. The summed E-state index contributed by atoms with van der Waals surface area (Å²) in [5, 5.41) is 0.563. The van der Waals surface area contributed by atoms with Gasteiger partial charge in [-0.05, 0) is 36.9 Å². The van der Waals surface area contributed by atoms with Gasteiger partial charge in [0.15, 0.2) is 0 Å². The van der Waals surface area contributed by atoms with Gasteiger partial charge in [-0.1, -0.05) is 0 Å². The highest BCUT2D eigenvalue weighted by atomic mass is 32.2. The first kappa shape index (κ1) is 6.98. The second-order valence-electron chi connectivity index (χ2n) is 2.78. The summed E-state index contributed by atoms with van der Waals surface area (Å²) in [6.07, 6.45) is 3.81. The minimum absolute atomic E-state index is 0.563. The van der Waals surface area contributed by atoms with Gasteiger partial charge in [0.25, 0.3) is 0 Å². The number of hydrogen-bond acceptors (Lipinski definition) is 3. The van der Waals surface area contributed by atoms with Gasteiger partial charge in [0.2, 0.25) is 0 Å². The van der Waals surface area contributed by atoms with Crippen molar-refractivity contribution < 1.29 is 0 Å². The van der Waals surface area contributed by atoms with Crippen LogP contribution in [0.1, 0.15) is 23.3 Å². The zero-order chi connectivity index (χ0) is 7.84. The molecule has 0 spiro atoms. The molecule has 0 bridgehead atoms. The highest BCUT2D eigenvalue weighted by molar-refractivity contribution is 8.01. The minimum Gasteiger partial charge on any atom is -0.328 e. The maximum atomic E-state index is 4.11. The Morgan fingerprint density at radius 2 is 2.36 bits per heavy atom. The maximum Gasteiger partial charge on any atom is 0.0673 e. The maximum absolute atomic E-state index is 4.11. The third-order valence-corrected chi connectivity index (χ3v) is 2.87. The van der Waals surface area contributed by atoms with Crippen LogP contribution in [0.5, 0.6) is 0 Å². The predicted molar refractivity (Wildman–Crippen MR) is 48.6 cm³/mol. The number of aryl methyl sites for hydroxylation is 1. The van der Waals surface area contributed by atoms with Crippen LogP contribution in [0, 0.1) is 6.92 Å². The number of pyridine rings is 1. The third-order valence-electron chi connectivity index (χ3n) is 1.94. The minimum atomic E-state index is 0.563. The molecule has 1 atom stereocenters. The van der Waals surface area contributed by atoms with E-state index in [1.54, 1.807) is 11.9 Å². The summed E-state index contributed by atoms with van der Waals surface area (Å²) < 4.78 is 3.24. The molecule has 1 aliphatic rings. The fraction of sp³-hybridized carbons (Fsp3) is 0.375. The molecule has 11 heavy (non-hydrogen) atoms. The molecule has 2 rings (SSSR count). The molecule has 0 saturated carbocycles. The van der Waals surface area contributed by atoms with E-state index in [-0.39, 0.29) is 0 Å². The first-order valence-corrected chi connectivity index (χ1v) is 4.53. The van der Waals surface area contributed by atoms with Crippen LogP contribution in [0.2, 0.25) is 0 Å². The lowest BCUT2D eigenvalue weighted by Crippen LogP contribution is -1.88. The topological polar surface area (TPSA) is 24.9 Å². The van der Waals surface area contributed by atoms with Gasteiger partial charge in [0.05, 0.1) is 11.9 Å². The number of fused-ring (bicyclic) bond motifs is 1. The fourth-order valence-electron chi connectivity index (χ4n) is 1.41. The number of hydrogen-bond donors (Lipinski definition) is 1. The van der Waals surface area contributed by atoms with E-state index in [0.717, 1.165) is 0 Å². The highest BCUT2D eigenvalue weighted by Crippen LogP contribution is 2.42. The van der Waals surface area contributed by atoms with Crippen molar-refractivity contribution in [2.24, 2.45) is 0 Å². The van der Waals surface area contributed by atoms with Crippen molar-refractivity contribution in [1.82, 2.24) is 4.98 Å². The molecule has 2 nitrogen and oxygen atoms in total. The van der Waals surface area contributed by atoms with E-state index in [2.05, 4.69) is 23.6 Å². The molecular weight excluding hydrogens is 156 g/mol. The zero-order valence-corrected chi connectivity index (χ0v) is 7.40. The number of anilines is 1. The molecule has 0 amide bonds. The van der Waals surface area contributed by atoms with E-state index in [4.69, 9.17) is 0 Å². The molecular formula is C8H10N2S. The fourth-order valence-corrected chi connectivity index (χ4v) is 2.30.